The van der Waals surface area contributed by atoms with Crippen molar-refractivity contribution in [1.29, 1.82) is 0 Å². The fraction of sp³-hybridized carbons (Fsp3) is 0.918. The van der Waals surface area contributed by atoms with Crippen molar-refractivity contribution in [2.24, 2.45) is 0 Å². The molecule has 0 aromatic rings. The van der Waals surface area contributed by atoms with Crippen LogP contribution in [0.2, 0.25) is 0 Å². The van der Waals surface area contributed by atoms with Gasteiger partial charge in [-0.2, -0.15) is 0 Å². The minimum atomic E-state index is -0.929. The van der Waals surface area contributed by atoms with Crippen LogP contribution in [-0.4, -0.2) is 46.1 Å². The topological polar surface area (TPSA) is 89.8 Å². The molecule has 0 aliphatic heterocycles. The van der Waals surface area contributed by atoms with Crippen LogP contribution >= 0.6 is 0 Å². The standard InChI is InChI=1S/C61H119NO4/c1-3-5-7-9-11-13-15-17-19-21-23-25-27-29-31-32-34-36-38-40-42-44-46-48-50-52-54-58(64)56-61(66)62-59(57-63)60(65)55-53-51-49-47-45-43-41-39-37-35-33-30-28-26-24-22-20-18-16-14-12-10-8-6-4-2/h29,31,53,55,58-60,63-65H,3-28,30,32-52,54,56-57H2,1-2H3,(H,62,66)/b31-29-,55-53+. The number of unbranched alkanes of at least 4 members (excludes halogenated alkanes) is 45. The highest BCUT2D eigenvalue weighted by Crippen LogP contribution is 2.18. The molecule has 0 fully saturated rings. The molecule has 3 atom stereocenters. The number of carbonyl (C=O) groups excluding carboxylic acids is 1. The van der Waals surface area contributed by atoms with Crippen molar-refractivity contribution in [1.82, 2.24) is 5.32 Å². The Labute approximate surface area is 413 Å². The summed E-state index contributed by atoms with van der Waals surface area (Å²) < 4.78 is 0. The number of carbonyl (C=O) groups is 1. The lowest BCUT2D eigenvalue weighted by molar-refractivity contribution is -0.124. The van der Waals surface area contributed by atoms with Crippen LogP contribution in [0, 0.1) is 0 Å². The molecule has 4 N–H and O–H groups in total. The third-order valence-electron chi connectivity index (χ3n) is 14.2. The fourth-order valence-electron chi connectivity index (χ4n) is 9.63. The minimum Gasteiger partial charge on any atom is -0.394 e. The van der Waals surface area contributed by atoms with E-state index in [9.17, 15) is 20.1 Å². The summed E-state index contributed by atoms with van der Waals surface area (Å²) in [6, 6.07) is -0.744. The van der Waals surface area contributed by atoms with Crippen molar-refractivity contribution < 1.29 is 20.1 Å². The molecule has 0 bridgehead atoms. The first-order valence-corrected chi connectivity index (χ1v) is 30.1. The minimum absolute atomic E-state index is 0.0155. The van der Waals surface area contributed by atoms with Crippen molar-refractivity contribution in [3.8, 4) is 0 Å². The molecule has 0 heterocycles. The molecular weight excluding hydrogens is 811 g/mol. The van der Waals surface area contributed by atoms with Crippen LogP contribution in [0.1, 0.15) is 335 Å². The monoisotopic (exact) mass is 930 g/mol. The molecule has 3 unspecified atom stereocenters. The molecule has 0 aromatic heterocycles. The average molecular weight is 931 g/mol. The zero-order valence-electron chi connectivity index (χ0n) is 44.9. The summed E-state index contributed by atoms with van der Waals surface area (Å²) in [7, 11) is 0. The Morgan fingerprint density at radius 1 is 0.379 bits per heavy atom. The smallest absolute Gasteiger partial charge is 0.222 e. The van der Waals surface area contributed by atoms with Crippen molar-refractivity contribution in [3.63, 3.8) is 0 Å². The first kappa shape index (κ1) is 64.8. The Kier molecular flexibility index (Phi) is 55.4. The fourth-order valence-corrected chi connectivity index (χ4v) is 9.63. The molecule has 0 aliphatic carbocycles. The number of nitrogens with one attached hydrogen (secondary N) is 1. The summed E-state index contributed by atoms with van der Waals surface area (Å²) in [5.74, 6) is -0.311. The zero-order valence-corrected chi connectivity index (χ0v) is 44.9. The number of aliphatic hydroxyl groups is 3. The Morgan fingerprint density at radius 2 is 0.636 bits per heavy atom. The number of aliphatic hydroxyl groups excluding tert-OH is 3. The lowest BCUT2D eigenvalue weighted by Crippen LogP contribution is -2.45. The van der Waals surface area contributed by atoms with E-state index in [4.69, 9.17) is 0 Å². The second-order valence-corrected chi connectivity index (χ2v) is 21.0. The van der Waals surface area contributed by atoms with Gasteiger partial charge in [0.2, 0.25) is 5.91 Å². The van der Waals surface area contributed by atoms with E-state index in [1.165, 1.54) is 283 Å². The predicted molar refractivity (Wildman–Crippen MR) is 292 cm³/mol. The Morgan fingerprint density at radius 3 is 0.924 bits per heavy atom. The Bertz CT molecular complexity index is 982. The summed E-state index contributed by atoms with van der Waals surface area (Å²) in [6.45, 7) is 4.26. The maximum Gasteiger partial charge on any atom is 0.222 e. The van der Waals surface area contributed by atoms with E-state index >= 15 is 0 Å². The van der Waals surface area contributed by atoms with Gasteiger partial charge in [0.1, 0.15) is 0 Å². The Hall–Kier alpha value is -1.17. The van der Waals surface area contributed by atoms with Crippen LogP contribution in [0.5, 0.6) is 0 Å². The molecule has 0 radical (unpaired) electrons. The van der Waals surface area contributed by atoms with E-state index in [1.807, 2.05) is 6.08 Å². The van der Waals surface area contributed by atoms with E-state index in [-0.39, 0.29) is 18.9 Å². The molecule has 66 heavy (non-hydrogen) atoms. The van der Waals surface area contributed by atoms with Gasteiger partial charge in [-0.05, 0) is 44.9 Å². The summed E-state index contributed by atoms with van der Waals surface area (Å²) in [5.41, 5.74) is 0. The van der Waals surface area contributed by atoms with Gasteiger partial charge in [0, 0.05) is 0 Å². The molecule has 5 nitrogen and oxygen atoms in total. The normalized spacial score (nSPS) is 13.3. The van der Waals surface area contributed by atoms with E-state index in [0.29, 0.717) is 6.42 Å². The number of hydrogen-bond acceptors (Lipinski definition) is 4. The van der Waals surface area contributed by atoms with Gasteiger partial charge in [-0.1, -0.05) is 308 Å². The molecule has 0 saturated heterocycles. The molecule has 0 aliphatic rings. The molecule has 0 saturated carbocycles. The summed E-state index contributed by atoms with van der Waals surface area (Å²) in [5, 5.41) is 33.5. The second kappa shape index (κ2) is 56.4. The summed E-state index contributed by atoms with van der Waals surface area (Å²) in [6.07, 6.45) is 72.4. The highest BCUT2D eigenvalue weighted by molar-refractivity contribution is 5.76. The largest absolute Gasteiger partial charge is 0.394 e. The zero-order chi connectivity index (χ0) is 47.9. The van der Waals surface area contributed by atoms with Gasteiger partial charge in [-0.3, -0.25) is 4.79 Å². The maximum absolute atomic E-state index is 12.5. The van der Waals surface area contributed by atoms with E-state index < -0.39 is 18.2 Å². The van der Waals surface area contributed by atoms with Gasteiger partial charge < -0.3 is 20.6 Å². The third-order valence-corrected chi connectivity index (χ3v) is 14.2. The number of allylic oxidation sites excluding steroid dienone is 3. The van der Waals surface area contributed by atoms with Crippen molar-refractivity contribution >= 4 is 5.91 Å². The second-order valence-electron chi connectivity index (χ2n) is 21.0. The SMILES string of the molecule is CCCCCCCCCCCCCC/C=C\CCCCCCCCCCCCC(O)CC(=O)NC(CO)C(O)/C=C/CCCCCCCCCCCCCCCCCCCCCCCCC. The first-order chi connectivity index (χ1) is 32.5. The van der Waals surface area contributed by atoms with Gasteiger partial charge >= 0.3 is 0 Å². The van der Waals surface area contributed by atoms with Gasteiger partial charge in [-0.15, -0.1) is 0 Å². The summed E-state index contributed by atoms with van der Waals surface area (Å²) >= 11 is 0. The van der Waals surface area contributed by atoms with E-state index in [1.54, 1.807) is 6.08 Å². The van der Waals surface area contributed by atoms with Gasteiger partial charge in [0.15, 0.2) is 0 Å². The molecule has 0 rings (SSSR count). The molecular formula is C61H119NO4. The number of amides is 1. The van der Waals surface area contributed by atoms with Gasteiger partial charge in [0.05, 0.1) is 31.3 Å². The van der Waals surface area contributed by atoms with Crippen LogP contribution in [0.3, 0.4) is 0 Å². The number of rotatable bonds is 56. The van der Waals surface area contributed by atoms with Crippen LogP contribution in [0.25, 0.3) is 0 Å². The van der Waals surface area contributed by atoms with E-state index in [2.05, 4.69) is 31.3 Å². The van der Waals surface area contributed by atoms with Gasteiger partial charge in [-0.25, -0.2) is 0 Å². The van der Waals surface area contributed by atoms with Crippen LogP contribution in [0.15, 0.2) is 24.3 Å². The van der Waals surface area contributed by atoms with Crippen molar-refractivity contribution in [3.05, 3.63) is 24.3 Å². The molecule has 1 amide bonds. The molecule has 0 aromatic carbocycles. The van der Waals surface area contributed by atoms with Crippen LogP contribution < -0.4 is 5.32 Å². The van der Waals surface area contributed by atoms with E-state index in [0.717, 1.165) is 25.7 Å². The molecule has 5 heteroatoms. The summed E-state index contributed by atoms with van der Waals surface area (Å²) in [4.78, 5) is 12.5. The maximum atomic E-state index is 12.5. The molecule has 392 valence electrons. The lowest BCUT2D eigenvalue weighted by atomic mass is 10.0. The third kappa shape index (κ3) is 52.2. The lowest BCUT2D eigenvalue weighted by Gasteiger charge is -2.21. The quantitative estimate of drug-likeness (QED) is 0.0361. The highest BCUT2D eigenvalue weighted by atomic mass is 16.3. The van der Waals surface area contributed by atoms with Gasteiger partial charge in [0.25, 0.3) is 0 Å². The highest BCUT2D eigenvalue weighted by Gasteiger charge is 2.20. The average Bonchev–Trinajstić information content (AvgIpc) is 3.31. The first-order valence-electron chi connectivity index (χ1n) is 30.1. The molecule has 0 spiro atoms. The van der Waals surface area contributed by atoms with Crippen molar-refractivity contribution in [2.45, 2.75) is 353 Å². The van der Waals surface area contributed by atoms with Crippen molar-refractivity contribution in [2.75, 3.05) is 6.61 Å². The number of hydrogen-bond donors (Lipinski definition) is 4. The Balaban J connectivity index is 3.54. The van der Waals surface area contributed by atoms with Crippen LogP contribution in [0.4, 0.5) is 0 Å². The van der Waals surface area contributed by atoms with Crippen LogP contribution in [-0.2, 0) is 4.79 Å². The predicted octanol–water partition coefficient (Wildman–Crippen LogP) is 18.8.